The zero-order valence-electron chi connectivity index (χ0n) is 15.1. The number of hydrogen-bond acceptors (Lipinski definition) is 5. The molecule has 0 bridgehead atoms. The van der Waals surface area contributed by atoms with Gasteiger partial charge in [0.1, 0.15) is 11.2 Å². The molecule has 1 N–H and O–H groups in total. The summed E-state index contributed by atoms with van der Waals surface area (Å²) >= 11 is 0. The van der Waals surface area contributed by atoms with Crippen LogP contribution in [0.5, 0.6) is 0 Å². The summed E-state index contributed by atoms with van der Waals surface area (Å²) in [5, 5.41) is 9.67. The number of sulfonamides is 1. The minimum Gasteiger partial charge on any atom is -0.393 e. The average molecular weight is 390 g/mol. The standard InChI is InChI=1S/C18H22N4O4S/c1-2-21-11-15-17(18(24)20-9-7-13(23)8-10-20)19-12-22(15)14-5-3-4-6-16(14)27(21,25)26/h3-6,12-13,23H,2,7-11H2,1H3. The maximum atomic E-state index is 13.0. The van der Waals surface area contributed by atoms with Crippen LogP contribution in [0.25, 0.3) is 5.69 Å². The first-order valence-corrected chi connectivity index (χ1v) is 10.5. The molecule has 1 fully saturated rings. The summed E-state index contributed by atoms with van der Waals surface area (Å²) in [7, 11) is -3.65. The van der Waals surface area contributed by atoms with Crippen molar-refractivity contribution in [1.29, 1.82) is 0 Å². The first-order valence-electron chi connectivity index (χ1n) is 9.06. The molecule has 1 aromatic carbocycles. The van der Waals surface area contributed by atoms with Crippen LogP contribution in [0.15, 0.2) is 35.5 Å². The summed E-state index contributed by atoms with van der Waals surface area (Å²) in [5.41, 5.74) is 1.35. The second kappa shape index (κ2) is 6.74. The van der Waals surface area contributed by atoms with Gasteiger partial charge in [0, 0.05) is 19.6 Å². The fourth-order valence-electron chi connectivity index (χ4n) is 3.68. The van der Waals surface area contributed by atoms with Crippen molar-refractivity contribution >= 4 is 15.9 Å². The first-order chi connectivity index (χ1) is 12.9. The van der Waals surface area contributed by atoms with E-state index < -0.39 is 10.0 Å². The van der Waals surface area contributed by atoms with Crippen molar-refractivity contribution in [2.75, 3.05) is 19.6 Å². The second-order valence-corrected chi connectivity index (χ2v) is 8.74. The lowest BCUT2D eigenvalue weighted by molar-refractivity contribution is 0.0540. The highest BCUT2D eigenvalue weighted by atomic mass is 32.2. The molecule has 1 saturated heterocycles. The molecule has 0 saturated carbocycles. The summed E-state index contributed by atoms with van der Waals surface area (Å²) < 4.78 is 29.1. The number of likely N-dealkylation sites (tertiary alicyclic amines) is 1. The minimum absolute atomic E-state index is 0.0883. The van der Waals surface area contributed by atoms with E-state index in [1.807, 2.05) is 0 Å². The van der Waals surface area contributed by atoms with Crippen molar-refractivity contribution in [3.05, 3.63) is 42.0 Å². The third-order valence-corrected chi connectivity index (χ3v) is 7.21. The number of aliphatic hydroxyl groups excluding tert-OH is 1. The van der Waals surface area contributed by atoms with E-state index in [-0.39, 0.29) is 29.1 Å². The SMILES string of the molecule is CCN1Cc2c(C(=O)N3CCC(O)CC3)ncn2-c2ccccc2S1(=O)=O. The van der Waals surface area contributed by atoms with E-state index in [1.54, 1.807) is 40.7 Å². The number of piperidine rings is 1. The predicted octanol–water partition coefficient (Wildman–Crippen LogP) is 0.993. The summed E-state index contributed by atoms with van der Waals surface area (Å²) in [6.45, 7) is 3.10. The molecule has 0 atom stereocenters. The molecule has 144 valence electrons. The molecule has 0 spiro atoms. The molecule has 4 rings (SSSR count). The van der Waals surface area contributed by atoms with Crippen molar-refractivity contribution in [2.45, 2.75) is 37.3 Å². The predicted molar refractivity (Wildman–Crippen MR) is 98.0 cm³/mol. The average Bonchev–Trinajstić information content (AvgIpc) is 3.05. The molecular weight excluding hydrogens is 368 g/mol. The number of rotatable bonds is 2. The fraction of sp³-hybridized carbons (Fsp3) is 0.444. The van der Waals surface area contributed by atoms with Gasteiger partial charge in [0.25, 0.3) is 5.91 Å². The van der Waals surface area contributed by atoms with Crippen LogP contribution in [0.4, 0.5) is 0 Å². The summed E-state index contributed by atoms with van der Waals surface area (Å²) in [4.78, 5) is 19.2. The maximum absolute atomic E-state index is 13.0. The van der Waals surface area contributed by atoms with Gasteiger partial charge in [-0.1, -0.05) is 19.1 Å². The Labute approximate surface area is 158 Å². The maximum Gasteiger partial charge on any atom is 0.274 e. The zero-order valence-corrected chi connectivity index (χ0v) is 15.9. The Hall–Kier alpha value is -2.23. The Balaban J connectivity index is 1.80. The van der Waals surface area contributed by atoms with Crippen molar-refractivity contribution in [3.8, 4) is 5.69 Å². The number of aliphatic hydroxyl groups is 1. The van der Waals surface area contributed by atoms with Crippen LogP contribution in [0.2, 0.25) is 0 Å². The number of fused-ring (bicyclic) bond motifs is 3. The van der Waals surface area contributed by atoms with E-state index in [0.717, 1.165) is 0 Å². The molecule has 0 unspecified atom stereocenters. The minimum atomic E-state index is -3.65. The van der Waals surface area contributed by atoms with Gasteiger partial charge in [-0.05, 0) is 25.0 Å². The van der Waals surface area contributed by atoms with Crippen LogP contribution in [0.1, 0.15) is 35.9 Å². The van der Waals surface area contributed by atoms with Gasteiger partial charge < -0.3 is 10.0 Å². The quantitative estimate of drug-likeness (QED) is 0.825. The molecule has 8 nitrogen and oxygen atoms in total. The number of carbonyl (C=O) groups excluding carboxylic acids is 1. The van der Waals surface area contributed by atoms with E-state index in [4.69, 9.17) is 0 Å². The third-order valence-electron chi connectivity index (χ3n) is 5.24. The zero-order chi connectivity index (χ0) is 19.2. The monoisotopic (exact) mass is 390 g/mol. The van der Waals surface area contributed by atoms with E-state index >= 15 is 0 Å². The summed E-state index contributed by atoms with van der Waals surface area (Å²) in [6.07, 6.45) is 2.23. The lowest BCUT2D eigenvalue weighted by Gasteiger charge is -2.29. The molecule has 0 radical (unpaired) electrons. The molecule has 2 aromatic rings. The molecule has 2 aliphatic heterocycles. The van der Waals surface area contributed by atoms with Gasteiger partial charge in [0.2, 0.25) is 10.0 Å². The fourth-order valence-corrected chi connectivity index (χ4v) is 5.27. The number of benzene rings is 1. The summed E-state index contributed by atoms with van der Waals surface area (Å²) in [5.74, 6) is -0.219. The molecular formula is C18H22N4O4S. The van der Waals surface area contributed by atoms with Crippen LogP contribution < -0.4 is 0 Å². The van der Waals surface area contributed by atoms with Crippen LogP contribution in [0.3, 0.4) is 0 Å². The Morgan fingerprint density at radius 1 is 1.26 bits per heavy atom. The molecule has 1 amide bonds. The van der Waals surface area contributed by atoms with Gasteiger partial charge in [-0.15, -0.1) is 0 Å². The number of hydrogen-bond donors (Lipinski definition) is 1. The van der Waals surface area contributed by atoms with E-state index in [1.165, 1.54) is 10.6 Å². The lowest BCUT2D eigenvalue weighted by Crippen LogP contribution is -2.40. The number of para-hydroxylation sites is 1. The van der Waals surface area contributed by atoms with Crippen molar-refractivity contribution in [3.63, 3.8) is 0 Å². The van der Waals surface area contributed by atoms with Gasteiger partial charge >= 0.3 is 0 Å². The van der Waals surface area contributed by atoms with E-state index in [0.29, 0.717) is 43.9 Å². The Bertz CT molecular complexity index is 977. The number of aromatic nitrogens is 2. The number of amides is 1. The smallest absolute Gasteiger partial charge is 0.274 e. The molecule has 9 heteroatoms. The number of imidazole rings is 1. The molecule has 2 aliphatic rings. The lowest BCUT2D eigenvalue weighted by atomic mass is 10.1. The highest BCUT2D eigenvalue weighted by molar-refractivity contribution is 7.89. The van der Waals surface area contributed by atoms with E-state index in [2.05, 4.69) is 4.98 Å². The highest BCUT2D eigenvalue weighted by Gasteiger charge is 2.35. The van der Waals surface area contributed by atoms with Gasteiger partial charge in [-0.25, -0.2) is 13.4 Å². The van der Waals surface area contributed by atoms with Gasteiger partial charge in [-0.2, -0.15) is 4.31 Å². The largest absolute Gasteiger partial charge is 0.393 e. The topological polar surface area (TPSA) is 95.7 Å². The van der Waals surface area contributed by atoms with Gasteiger partial charge in [0.15, 0.2) is 5.69 Å². The van der Waals surface area contributed by atoms with Crippen LogP contribution in [-0.2, 0) is 16.6 Å². The third kappa shape index (κ3) is 2.95. The Kier molecular flexibility index (Phi) is 4.53. The summed E-state index contributed by atoms with van der Waals surface area (Å²) in [6, 6.07) is 6.77. The normalized spacial score (nSPS) is 20.0. The van der Waals surface area contributed by atoms with Gasteiger partial charge in [-0.3, -0.25) is 9.36 Å². The van der Waals surface area contributed by atoms with Crippen molar-refractivity contribution in [2.24, 2.45) is 0 Å². The van der Waals surface area contributed by atoms with Crippen LogP contribution >= 0.6 is 0 Å². The Morgan fingerprint density at radius 3 is 2.67 bits per heavy atom. The van der Waals surface area contributed by atoms with Crippen LogP contribution in [0, 0.1) is 0 Å². The first kappa shape index (κ1) is 18.1. The number of nitrogens with zero attached hydrogens (tertiary/aromatic N) is 4. The van der Waals surface area contributed by atoms with Crippen molar-refractivity contribution < 1.29 is 18.3 Å². The molecule has 27 heavy (non-hydrogen) atoms. The van der Waals surface area contributed by atoms with Crippen molar-refractivity contribution in [1.82, 2.24) is 18.8 Å². The molecule has 3 heterocycles. The number of carbonyl (C=O) groups is 1. The van der Waals surface area contributed by atoms with E-state index in [9.17, 15) is 18.3 Å². The van der Waals surface area contributed by atoms with Crippen LogP contribution in [-0.4, -0.2) is 63.9 Å². The van der Waals surface area contributed by atoms with Gasteiger partial charge in [0.05, 0.1) is 24.0 Å². The highest BCUT2D eigenvalue weighted by Crippen LogP contribution is 2.31. The Morgan fingerprint density at radius 2 is 1.96 bits per heavy atom. The molecule has 1 aromatic heterocycles. The second-order valence-electron chi connectivity index (χ2n) is 6.83. The molecule has 0 aliphatic carbocycles.